The number of hydrogen-bond donors (Lipinski definition) is 0. The third kappa shape index (κ3) is 6.70. The molecule has 3 aromatic rings. The summed E-state index contributed by atoms with van der Waals surface area (Å²) in [5.41, 5.74) is 3.34. The average Bonchev–Trinajstić information content (AvgIpc) is 2.89. The van der Waals surface area contributed by atoms with Gasteiger partial charge in [-0.2, -0.15) is 5.11 Å². The first-order valence-electron chi connectivity index (χ1n) is 11.8. The predicted molar refractivity (Wildman–Crippen MR) is 135 cm³/mol. The first-order valence-corrected chi connectivity index (χ1v) is 11.8. The van der Waals surface area contributed by atoms with Gasteiger partial charge in [0.2, 0.25) is 0 Å². The second-order valence-corrected chi connectivity index (χ2v) is 8.26. The van der Waals surface area contributed by atoms with Crippen LogP contribution in [0.1, 0.15) is 16.7 Å². The lowest BCUT2D eigenvalue weighted by Crippen LogP contribution is -2.36. The van der Waals surface area contributed by atoms with Crippen LogP contribution in [-0.4, -0.2) is 52.1 Å². The Morgan fingerprint density at radius 1 is 1.00 bits per heavy atom. The van der Waals surface area contributed by atoms with Gasteiger partial charge in [0.15, 0.2) is 17.3 Å². The highest BCUT2D eigenvalue weighted by molar-refractivity contribution is 5.51. The molecule has 0 unspecified atom stereocenters. The normalized spacial score (nSPS) is 13.7. The van der Waals surface area contributed by atoms with Gasteiger partial charge in [0.05, 0.1) is 40.6 Å². The van der Waals surface area contributed by atoms with Crippen LogP contribution in [0.2, 0.25) is 0 Å². The molecular weight excluding hydrogens is 444 g/mol. The number of nitrogens with zero attached hydrogens (tertiary/aromatic N) is 4. The third-order valence-corrected chi connectivity index (χ3v) is 5.74. The fourth-order valence-corrected chi connectivity index (χ4v) is 4.00. The second kappa shape index (κ2) is 12.2. The van der Waals surface area contributed by atoms with Crippen molar-refractivity contribution in [3.63, 3.8) is 0 Å². The lowest BCUT2D eigenvalue weighted by molar-refractivity contribution is 0.122. The summed E-state index contributed by atoms with van der Waals surface area (Å²) in [7, 11) is 3.28. The molecule has 0 spiro atoms. The van der Waals surface area contributed by atoms with E-state index < -0.39 is 0 Å². The molecule has 0 bridgehead atoms. The number of azo groups is 1. The SMILES string of the molecule is COc1cccc(CCOc2cc(N=NCc3cccc(C)c3)nc(N3CCOCC3)c2)c1OC. The van der Waals surface area contributed by atoms with Crippen molar-refractivity contribution < 1.29 is 18.9 Å². The Morgan fingerprint density at radius 2 is 1.83 bits per heavy atom. The Bertz CT molecular complexity index is 1150. The zero-order valence-corrected chi connectivity index (χ0v) is 20.6. The summed E-state index contributed by atoms with van der Waals surface area (Å²) in [5, 5.41) is 8.79. The molecule has 1 aromatic heterocycles. The molecule has 1 aliphatic rings. The van der Waals surface area contributed by atoms with Gasteiger partial charge in [0.1, 0.15) is 11.6 Å². The van der Waals surface area contributed by atoms with Crippen LogP contribution in [0.4, 0.5) is 11.6 Å². The molecule has 0 radical (unpaired) electrons. The number of morpholine rings is 1. The van der Waals surface area contributed by atoms with Crippen LogP contribution in [0.5, 0.6) is 17.2 Å². The molecule has 1 fully saturated rings. The van der Waals surface area contributed by atoms with E-state index in [9.17, 15) is 0 Å². The van der Waals surface area contributed by atoms with E-state index in [0.29, 0.717) is 50.1 Å². The third-order valence-electron chi connectivity index (χ3n) is 5.74. The van der Waals surface area contributed by atoms with Gasteiger partial charge in [-0.15, -0.1) is 5.11 Å². The highest BCUT2D eigenvalue weighted by Gasteiger charge is 2.15. The van der Waals surface area contributed by atoms with Crippen molar-refractivity contribution in [1.82, 2.24) is 4.98 Å². The minimum absolute atomic E-state index is 0.468. The predicted octanol–water partition coefficient (Wildman–Crippen LogP) is 5.15. The van der Waals surface area contributed by atoms with Gasteiger partial charge >= 0.3 is 0 Å². The van der Waals surface area contributed by atoms with Crippen LogP contribution in [0, 0.1) is 6.92 Å². The summed E-state index contributed by atoms with van der Waals surface area (Å²) in [4.78, 5) is 6.90. The van der Waals surface area contributed by atoms with E-state index in [1.54, 1.807) is 14.2 Å². The summed E-state index contributed by atoms with van der Waals surface area (Å²) < 4.78 is 22.6. The summed E-state index contributed by atoms with van der Waals surface area (Å²) in [6.45, 7) is 5.93. The Balaban J connectivity index is 1.49. The molecule has 1 aliphatic heterocycles. The fourth-order valence-electron chi connectivity index (χ4n) is 4.00. The first kappa shape index (κ1) is 24.5. The number of benzene rings is 2. The summed E-state index contributed by atoms with van der Waals surface area (Å²) in [6, 6.07) is 17.9. The molecule has 0 atom stereocenters. The van der Waals surface area contributed by atoms with Crippen LogP contribution >= 0.6 is 0 Å². The number of rotatable bonds is 10. The maximum absolute atomic E-state index is 6.14. The van der Waals surface area contributed by atoms with E-state index in [4.69, 9.17) is 23.9 Å². The second-order valence-electron chi connectivity index (χ2n) is 8.26. The quantitative estimate of drug-likeness (QED) is 0.377. The monoisotopic (exact) mass is 476 g/mol. The Kier molecular flexibility index (Phi) is 8.51. The fraction of sp³-hybridized carbons (Fsp3) is 0.370. The van der Waals surface area contributed by atoms with Crippen LogP contribution in [-0.2, 0) is 17.7 Å². The Labute approximate surface area is 206 Å². The summed E-state index contributed by atoms with van der Waals surface area (Å²) >= 11 is 0. The van der Waals surface area contributed by atoms with E-state index in [2.05, 4.69) is 34.2 Å². The molecule has 0 amide bonds. The molecule has 0 N–H and O–H groups in total. The minimum atomic E-state index is 0.468. The summed E-state index contributed by atoms with van der Waals surface area (Å²) in [6.07, 6.45) is 0.666. The smallest absolute Gasteiger partial charge is 0.179 e. The van der Waals surface area contributed by atoms with Crippen LogP contribution < -0.4 is 19.1 Å². The van der Waals surface area contributed by atoms with Crippen LogP contribution in [0.25, 0.3) is 0 Å². The zero-order chi connectivity index (χ0) is 24.5. The largest absolute Gasteiger partial charge is 0.493 e. The van der Waals surface area contributed by atoms with Crippen molar-refractivity contribution in [1.29, 1.82) is 0 Å². The van der Waals surface area contributed by atoms with E-state index >= 15 is 0 Å². The number of para-hydroxylation sites is 1. The molecule has 0 aliphatic carbocycles. The van der Waals surface area contributed by atoms with Crippen LogP contribution in [0.15, 0.2) is 64.8 Å². The number of anilines is 1. The van der Waals surface area contributed by atoms with Crippen molar-refractivity contribution in [2.75, 3.05) is 52.0 Å². The van der Waals surface area contributed by atoms with Crippen molar-refractivity contribution in [3.05, 3.63) is 71.3 Å². The van der Waals surface area contributed by atoms with Gasteiger partial charge in [-0.1, -0.05) is 42.0 Å². The highest BCUT2D eigenvalue weighted by atomic mass is 16.5. The lowest BCUT2D eigenvalue weighted by Gasteiger charge is -2.28. The molecule has 2 aromatic carbocycles. The molecule has 4 rings (SSSR count). The minimum Gasteiger partial charge on any atom is -0.493 e. The van der Waals surface area contributed by atoms with E-state index in [1.165, 1.54) is 5.56 Å². The van der Waals surface area contributed by atoms with Gasteiger partial charge in [-0.25, -0.2) is 4.98 Å². The number of hydrogen-bond acceptors (Lipinski definition) is 8. The lowest BCUT2D eigenvalue weighted by atomic mass is 10.1. The molecule has 35 heavy (non-hydrogen) atoms. The van der Waals surface area contributed by atoms with Crippen molar-refractivity contribution in [2.45, 2.75) is 19.9 Å². The number of aromatic nitrogens is 1. The number of methoxy groups -OCH3 is 2. The molecule has 8 heteroatoms. The molecule has 8 nitrogen and oxygen atoms in total. The standard InChI is InChI=1S/C27H32N4O4/c1-20-6-4-7-21(16-20)19-28-30-25-17-23(18-26(29-25)31-11-14-34-15-12-31)35-13-10-22-8-5-9-24(32-2)27(22)33-3/h4-9,16-18H,10-15,19H2,1-3H3. The van der Waals surface area contributed by atoms with E-state index in [0.717, 1.165) is 35.8 Å². The number of aryl methyl sites for hydroxylation is 1. The van der Waals surface area contributed by atoms with Crippen molar-refractivity contribution >= 4 is 11.6 Å². The van der Waals surface area contributed by atoms with Crippen LogP contribution in [0.3, 0.4) is 0 Å². The van der Waals surface area contributed by atoms with E-state index in [1.807, 2.05) is 42.5 Å². The maximum Gasteiger partial charge on any atom is 0.179 e. The van der Waals surface area contributed by atoms with Gasteiger partial charge in [0.25, 0.3) is 0 Å². The first-order chi connectivity index (χ1) is 17.2. The van der Waals surface area contributed by atoms with Crippen molar-refractivity contribution in [3.8, 4) is 17.2 Å². The maximum atomic E-state index is 6.14. The zero-order valence-electron chi connectivity index (χ0n) is 20.6. The average molecular weight is 477 g/mol. The molecular formula is C27H32N4O4. The van der Waals surface area contributed by atoms with Gasteiger partial charge < -0.3 is 23.8 Å². The number of pyridine rings is 1. The van der Waals surface area contributed by atoms with E-state index in [-0.39, 0.29) is 0 Å². The Morgan fingerprint density at radius 3 is 2.60 bits per heavy atom. The van der Waals surface area contributed by atoms with Crippen molar-refractivity contribution in [2.24, 2.45) is 10.2 Å². The number of ether oxygens (including phenoxy) is 4. The van der Waals surface area contributed by atoms with Gasteiger partial charge in [-0.3, -0.25) is 0 Å². The highest BCUT2D eigenvalue weighted by Crippen LogP contribution is 2.31. The molecule has 1 saturated heterocycles. The van der Waals surface area contributed by atoms with Gasteiger partial charge in [-0.05, 0) is 18.6 Å². The Hall–Kier alpha value is -3.65. The molecule has 0 saturated carbocycles. The van der Waals surface area contributed by atoms with Gasteiger partial charge in [0, 0.05) is 37.2 Å². The molecule has 2 heterocycles. The molecule has 184 valence electrons. The summed E-state index contributed by atoms with van der Waals surface area (Å²) in [5.74, 6) is 3.48. The topological polar surface area (TPSA) is 77.8 Å².